The number of rotatable bonds is 5. The summed E-state index contributed by atoms with van der Waals surface area (Å²) in [5.41, 5.74) is 4.58. The lowest BCUT2D eigenvalue weighted by atomic mass is 9.86. The molecule has 0 spiro atoms. The van der Waals surface area contributed by atoms with Crippen LogP contribution in [0.25, 0.3) is 22.6 Å². The van der Waals surface area contributed by atoms with Gasteiger partial charge in [-0.05, 0) is 55.6 Å². The molecule has 3 amide bonds. The van der Waals surface area contributed by atoms with E-state index in [-0.39, 0.29) is 18.2 Å². The fourth-order valence-electron chi connectivity index (χ4n) is 5.83. The maximum absolute atomic E-state index is 13.0. The lowest BCUT2D eigenvalue weighted by molar-refractivity contribution is -0.136. The van der Waals surface area contributed by atoms with Crippen LogP contribution in [0.4, 0.5) is 0 Å². The number of aliphatic hydroxyl groups is 1. The molecule has 9 heteroatoms. The van der Waals surface area contributed by atoms with Gasteiger partial charge in [-0.2, -0.15) is 0 Å². The molecular formula is C29H31N5O4. The molecule has 0 radical (unpaired) electrons. The highest BCUT2D eigenvalue weighted by molar-refractivity contribution is 6.05. The normalized spacial score (nSPS) is 20.9. The second kappa shape index (κ2) is 9.49. The Labute approximate surface area is 220 Å². The number of carbonyl (C=O) groups is 3. The summed E-state index contributed by atoms with van der Waals surface area (Å²) in [7, 11) is 1.96. The van der Waals surface area contributed by atoms with E-state index in [1.54, 1.807) is 11.0 Å². The van der Waals surface area contributed by atoms with E-state index >= 15 is 0 Å². The van der Waals surface area contributed by atoms with Crippen molar-refractivity contribution in [2.45, 2.75) is 50.3 Å². The van der Waals surface area contributed by atoms with Gasteiger partial charge < -0.3 is 19.9 Å². The van der Waals surface area contributed by atoms with Gasteiger partial charge in [0.1, 0.15) is 11.9 Å². The summed E-state index contributed by atoms with van der Waals surface area (Å²) in [6.45, 7) is 2.02. The highest BCUT2D eigenvalue weighted by Gasteiger charge is 2.39. The Morgan fingerprint density at radius 1 is 1.05 bits per heavy atom. The van der Waals surface area contributed by atoms with E-state index in [0.29, 0.717) is 24.9 Å². The molecule has 9 nitrogen and oxygen atoms in total. The van der Waals surface area contributed by atoms with E-state index in [1.165, 1.54) is 0 Å². The summed E-state index contributed by atoms with van der Waals surface area (Å²) >= 11 is 0. The van der Waals surface area contributed by atoms with Crippen LogP contribution in [0.3, 0.4) is 0 Å². The second-order valence-corrected chi connectivity index (χ2v) is 10.7. The summed E-state index contributed by atoms with van der Waals surface area (Å²) in [6.07, 6.45) is 4.71. The highest BCUT2D eigenvalue weighted by atomic mass is 16.3. The number of imidazole rings is 1. The second-order valence-electron chi connectivity index (χ2n) is 10.7. The number of aryl methyl sites for hydroxylation is 1. The third-order valence-electron chi connectivity index (χ3n) is 7.98. The first-order valence-corrected chi connectivity index (χ1v) is 13.1. The van der Waals surface area contributed by atoms with E-state index in [9.17, 15) is 19.5 Å². The minimum atomic E-state index is -0.647. The van der Waals surface area contributed by atoms with Gasteiger partial charge in [0.05, 0.1) is 11.3 Å². The van der Waals surface area contributed by atoms with Crippen molar-refractivity contribution in [1.29, 1.82) is 0 Å². The zero-order valence-corrected chi connectivity index (χ0v) is 21.4. The molecule has 0 bridgehead atoms. The summed E-state index contributed by atoms with van der Waals surface area (Å²) in [5, 5.41) is 16.5. The average molecular weight is 514 g/mol. The van der Waals surface area contributed by atoms with Crippen LogP contribution in [0, 0.1) is 0 Å². The van der Waals surface area contributed by atoms with Crippen molar-refractivity contribution in [2.24, 2.45) is 7.05 Å². The Morgan fingerprint density at radius 3 is 2.53 bits per heavy atom. The van der Waals surface area contributed by atoms with Gasteiger partial charge in [0.15, 0.2) is 0 Å². The van der Waals surface area contributed by atoms with Gasteiger partial charge in [-0.15, -0.1) is 0 Å². The highest BCUT2D eigenvalue weighted by Crippen LogP contribution is 2.32. The van der Waals surface area contributed by atoms with Crippen molar-refractivity contribution in [1.82, 2.24) is 25.1 Å². The van der Waals surface area contributed by atoms with Crippen LogP contribution < -0.4 is 10.6 Å². The summed E-state index contributed by atoms with van der Waals surface area (Å²) in [6, 6.07) is 13.2. The predicted octanol–water partition coefficient (Wildman–Crippen LogP) is 2.17. The Balaban J connectivity index is 1.20. The SMILES string of the molecule is Cn1cc(-c2ccc3c(c2)CN(C2CCC(=O)NC2=O)C3=O)nc1-c1ccc(CC2(O)CCNCC2)cc1. The Bertz CT molecular complexity index is 1420. The van der Waals surface area contributed by atoms with Crippen LogP contribution in [-0.2, 0) is 29.6 Å². The molecule has 1 atom stereocenters. The topological polar surface area (TPSA) is 117 Å². The molecule has 3 N–H and O–H groups in total. The van der Waals surface area contributed by atoms with Crippen molar-refractivity contribution in [3.8, 4) is 22.6 Å². The van der Waals surface area contributed by atoms with Crippen LogP contribution in [0.15, 0.2) is 48.7 Å². The molecular weight excluding hydrogens is 482 g/mol. The van der Waals surface area contributed by atoms with Gasteiger partial charge in [0.2, 0.25) is 11.8 Å². The lowest BCUT2D eigenvalue weighted by Crippen LogP contribution is -2.52. The van der Waals surface area contributed by atoms with E-state index in [2.05, 4.69) is 22.8 Å². The summed E-state index contributed by atoms with van der Waals surface area (Å²) in [5.74, 6) is -0.0591. The monoisotopic (exact) mass is 513 g/mol. The van der Waals surface area contributed by atoms with E-state index < -0.39 is 17.6 Å². The average Bonchev–Trinajstić information content (AvgIpc) is 3.44. The van der Waals surface area contributed by atoms with Gasteiger partial charge in [0.25, 0.3) is 5.91 Å². The van der Waals surface area contributed by atoms with Gasteiger partial charge in [-0.25, -0.2) is 4.98 Å². The maximum atomic E-state index is 13.0. The van der Waals surface area contributed by atoms with Crippen molar-refractivity contribution in [3.63, 3.8) is 0 Å². The molecule has 0 aliphatic carbocycles. The molecule has 2 aromatic carbocycles. The molecule has 2 saturated heterocycles. The van der Waals surface area contributed by atoms with Gasteiger partial charge in [-0.1, -0.05) is 30.3 Å². The molecule has 3 aliphatic heterocycles. The zero-order chi connectivity index (χ0) is 26.4. The van der Waals surface area contributed by atoms with Crippen LogP contribution in [-0.4, -0.2) is 62.0 Å². The number of nitrogens with one attached hydrogen (secondary N) is 2. The number of benzene rings is 2. The van der Waals surface area contributed by atoms with Gasteiger partial charge >= 0.3 is 0 Å². The first-order valence-electron chi connectivity index (χ1n) is 13.1. The smallest absolute Gasteiger partial charge is 0.255 e. The third kappa shape index (κ3) is 4.52. The van der Waals surface area contributed by atoms with E-state index in [0.717, 1.165) is 59.7 Å². The number of imide groups is 1. The van der Waals surface area contributed by atoms with E-state index in [4.69, 9.17) is 4.98 Å². The molecule has 2 fully saturated rings. The van der Waals surface area contributed by atoms with Crippen LogP contribution in [0.5, 0.6) is 0 Å². The third-order valence-corrected chi connectivity index (χ3v) is 7.98. The fraction of sp³-hybridized carbons (Fsp3) is 0.379. The quantitative estimate of drug-likeness (QED) is 0.451. The first kappa shape index (κ1) is 24.5. The molecule has 196 valence electrons. The Hall–Kier alpha value is -3.82. The number of carbonyl (C=O) groups excluding carboxylic acids is 3. The Kier molecular flexibility index (Phi) is 6.12. The number of nitrogens with zero attached hydrogens (tertiary/aromatic N) is 3. The van der Waals surface area contributed by atoms with Crippen molar-refractivity contribution >= 4 is 17.7 Å². The number of piperidine rings is 2. The molecule has 38 heavy (non-hydrogen) atoms. The molecule has 3 aromatic rings. The van der Waals surface area contributed by atoms with Crippen molar-refractivity contribution < 1.29 is 19.5 Å². The molecule has 6 rings (SSSR count). The van der Waals surface area contributed by atoms with Gasteiger partial charge in [-0.3, -0.25) is 19.7 Å². The molecule has 1 aromatic heterocycles. The minimum Gasteiger partial charge on any atom is -0.389 e. The largest absolute Gasteiger partial charge is 0.389 e. The zero-order valence-electron chi connectivity index (χ0n) is 21.4. The number of hydrogen-bond acceptors (Lipinski definition) is 6. The number of fused-ring (bicyclic) bond motifs is 1. The summed E-state index contributed by atoms with van der Waals surface area (Å²) < 4.78 is 1.98. The number of amides is 3. The maximum Gasteiger partial charge on any atom is 0.255 e. The number of hydrogen-bond donors (Lipinski definition) is 3. The van der Waals surface area contributed by atoms with Crippen molar-refractivity contribution in [2.75, 3.05) is 13.1 Å². The molecule has 4 heterocycles. The molecule has 0 saturated carbocycles. The molecule has 1 unspecified atom stereocenters. The van der Waals surface area contributed by atoms with Crippen molar-refractivity contribution in [3.05, 3.63) is 65.4 Å². The summed E-state index contributed by atoms with van der Waals surface area (Å²) in [4.78, 5) is 43.3. The van der Waals surface area contributed by atoms with Crippen LogP contribution in [0.2, 0.25) is 0 Å². The van der Waals surface area contributed by atoms with Crippen LogP contribution in [0.1, 0.15) is 47.2 Å². The first-order chi connectivity index (χ1) is 18.3. The predicted molar refractivity (Wildman–Crippen MR) is 141 cm³/mol. The standard InChI is InChI=1S/C29H31N5O4/c1-33-17-23(31-26(33)19-4-2-18(3-5-19)15-29(38)10-12-30-13-11-29)20-6-7-22-21(14-20)16-34(28(22)37)24-8-9-25(35)32-27(24)36/h2-7,14,17,24,30,38H,8-13,15-16H2,1H3,(H,32,35,36). The van der Waals surface area contributed by atoms with Crippen LogP contribution >= 0.6 is 0 Å². The number of aromatic nitrogens is 2. The lowest BCUT2D eigenvalue weighted by Gasteiger charge is -2.32. The minimum absolute atomic E-state index is 0.183. The molecule has 3 aliphatic rings. The van der Waals surface area contributed by atoms with E-state index in [1.807, 2.05) is 42.1 Å². The van der Waals surface area contributed by atoms with Gasteiger partial charge in [0, 0.05) is 49.3 Å². The fourth-order valence-corrected chi connectivity index (χ4v) is 5.83. The Morgan fingerprint density at radius 2 is 1.79 bits per heavy atom.